The number of halogens is 1. The molecule has 0 radical (unpaired) electrons. The van der Waals surface area contributed by atoms with Gasteiger partial charge in [0.1, 0.15) is 5.82 Å². The molecule has 0 aliphatic rings. The quantitative estimate of drug-likeness (QED) is 0.840. The van der Waals surface area contributed by atoms with Crippen LogP contribution in [-0.4, -0.2) is 18.1 Å². The second kappa shape index (κ2) is 7.36. The molecule has 1 N–H and O–H groups in total. The van der Waals surface area contributed by atoms with E-state index in [9.17, 15) is 4.39 Å². The van der Waals surface area contributed by atoms with E-state index in [0.29, 0.717) is 5.92 Å². The average molecular weight is 278 g/mol. The van der Waals surface area contributed by atoms with Gasteiger partial charge in [-0.3, -0.25) is 0 Å². The number of nitrogens with one attached hydrogen (secondary N) is 1. The van der Waals surface area contributed by atoms with Crippen molar-refractivity contribution in [1.82, 2.24) is 10.3 Å². The summed E-state index contributed by atoms with van der Waals surface area (Å²) in [5.74, 6) is 0.293. The van der Waals surface area contributed by atoms with Crippen LogP contribution in [0.2, 0.25) is 0 Å². The van der Waals surface area contributed by atoms with Crippen molar-refractivity contribution in [3.05, 3.63) is 52.2 Å². The van der Waals surface area contributed by atoms with Crippen LogP contribution >= 0.6 is 11.3 Å². The first-order chi connectivity index (χ1) is 9.28. The molecule has 2 aromatic rings. The number of benzene rings is 1. The highest BCUT2D eigenvalue weighted by molar-refractivity contribution is 7.09. The molecule has 1 unspecified atom stereocenters. The minimum absolute atomic E-state index is 0.158. The summed E-state index contributed by atoms with van der Waals surface area (Å²) in [6, 6.07) is 6.88. The minimum Gasteiger partial charge on any atom is -0.317 e. The van der Waals surface area contributed by atoms with Gasteiger partial charge >= 0.3 is 0 Å². The highest BCUT2D eigenvalue weighted by Crippen LogP contribution is 2.16. The molecule has 2 rings (SSSR count). The Balaban J connectivity index is 2.00. The van der Waals surface area contributed by atoms with Crippen molar-refractivity contribution in [3.8, 4) is 0 Å². The van der Waals surface area contributed by atoms with Gasteiger partial charge in [0.15, 0.2) is 0 Å². The Morgan fingerprint density at radius 2 is 2.26 bits per heavy atom. The van der Waals surface area contributed by atoms with Gasteiger partial charge in [0.2, 0.25) is 0 Å². The first-order valence-corrected chi connectivity index (χ1v) is 7.49. The van der Waals surface area contributed by atoms with Crippen LogP contribution < -0.4 is 5.32 Å². The Kier molecular flexibility index (Phi) is 5.48. The van der Waals surface area contributed by atoms with E-state index in [1.54, 1.807) is 23.5 Å². The maximum Gasteiger partial charge on any atom is 0.123 e. The van der Waals surface area contributed by atoms with Crippen molar-refractivity contribution in [3.63, 3.8) is 0 Å². The lowest BCUT2D eigenvalue weighted by molar-refractivity contribution is 0.476. The number of nitrogens with zero attached hydrogens (tertiary/aromatic N) is 1. The Morgan fingerprint density at radius 1 is 1.37 bits per heavy atom. The average Bonchev–Trinajstić information content (AvgIpc) is 2.89. The summed E-state index contributed by atoms with van der Waals surface area (Å²) in [5, 5.41) is 6.53. The van der Waals surface area contributed by atoms with Crippen molar-refractivity contribution in [2.45, 2.75) is 19.8 Å². The van der Waals surface area contributed by atoms with Gasteiger partial charge in [0, 0.05) is 18.0 Å². The van der Waals surface area contributed by atoms with Gasteiger partial charge in [-0.2, -0.15) is 0 Å². The molecule has 1 aromatic carbocycles. The summed E-state index contributed by atoms with van der Waals surface area (Å²) >= 11 is 1.69. The molecule has 0 aliphatic heterocycles. The molecule has 4 heteroatoms. The minimum atomic E-state index is -0.158. The van der Waals surface area contributed by atoms with Gasteiger partial charge in [0.05, 0.1) is 5.01 Å². The van der Waals surface area contributed by atoms with E-state index in [1.807, 2.05) is 17.6 Å². The first-order valence-electron chi connectivity index (χ1n) is 6.61. The number of rotatable bonds is 7. The number of aromatic nitrogens is 1. The second-order valence-corrected chi connectivity index (χ2v) is 5.62. The predicted molar refractivity (Wildman–Crippen MR) is 78.0 cm³/mol. The third-order valence-electron chi connectivity index (χ3n) is 3.04. The third kappa shape index (κ3) is 4.73. The van der Waals surface area contributed by atoms with Crippen LogP contribution in [0.4, 0.5) is 4.39 Å². The summed E-state index contributed by atoms with van der Waals surface area (Å²) in [4.78, 5) is 4.34. The van der Waals surface area contributed by atoms with Crippen LogP contribution in [-0.2, 0) is 12.8 Å². The van der Waals surface area contributed by atoms with Crippen molar-refractivity contribution in [2.75, 3.05) is 13.1 Å². The number of thiazole rings is 1. The number of hydrogen-bond donors (Lipinski definition) is 1. The third-order valence-corrected chi connectivity index (χ3v) is 3.85. The van der Waals surface area contributed by atoms with Gasteiger partial charge in [0.25, 0.3) is 0 Å². The molecule has 0 amide bonds. The van der Waals surface area contributed by atoms with Gasteiger partial charge in [-0.05, 0) is 43.1 Å². The van der Waals surface area contributed by atoms with E-state index in [2.05, 4.69) is 17.2 Å². The van der Waals surface area contributed by atoms with Crippen LogP contribution in [0.1, 0.15) is 17.5 Å². The fourth-order valence-electron chi connectivity index (χ4n) is 2.16. The maximum atomic E-state index is 13.2. The summed E-state index contributed by atoms with van der Waals surface area (Å²) in [5.41, 5.74) is 1.06. The van der Waals surface area contributed by atoms with Crippen LogP contribution in [0.15, 0.2) is 35.8 Å². The molecule has 0 aliphatic carbocycles. The topological polar surface area (TPSA) is 24.9 Å². The fourth-order valence-corrected chi connectivity index (χ4v) is 2.90. The summed E-state index contributed by atoms with van der Waals surface area (Å²) in [7, 11) is 0. The Hall–Kier alpha value is -1.26. The first kappa shape index (κ1) is 14.2. The highest BCUT2D eigenvalue weighted by Gasteiger charge is 2.12. The summed E-state index contributed by atoms with van der Waals surface area (Å²) in [6.45, 7) is 3.99. The van der Waals surface area contributed by atoms with Crippen LogP contribution in [0.5, 0.6) is 0 Å². The molecule has 2 nitrogen and oxygen atoms in total. The SMILES string of the molecule is CCNCC(Cc1cccc(F)c1)Cc1nccs1. The normalized spacial score (nSPS) is 12.5. The maximum absolute atomic E-state index is 13.2. The standard InChI is InChI=1S/C15H19FN2S/c1-2-17-11-13(10-15-18-6-7-19-15)8-12-4-3-5-14(16)9-12/h3-7,9,13,17H,2,8,10-11H2,1H3. The van der Waals surface area contributed by atoms with Crippen molar-refractivity contribution >= 4 is 11.3 Å². The van der Waals surface area contributed by atoms with E-state index in [-0.39, 0.29) is 5.82 Å². The summed E-state index contributed by atoms with van der Waals surface area (Å²) < 4.78 is 13.2. The summed E-state index contributed by atoms with van der Waals surface area (Å²) in [6.07, 6.45) is 3.66. The lowest BCUT2D eigenvalue weighted by Gasteiger charge is -2.16. The molecule has 0 bridgehead atoms. The van der Waals surface area contributed by atoms with Gasteiger partial charge in [-0.15, -0.1) is 11.3 Å². The van der Waals surface area contributed by atoms with Gasteiger partial charge in [-0.25, -0.2) is 9.37 Å². The van der Waals surface area contributed by atoms with Crippen LogP contribution in [0.3, 0.4) is 0 Å². The lowest BCUT2D eigenvalue weighted by Crippen LogP contribution is -2.25. The Bertz CT molecular complexity index is 485. The van der Waals surface area contributed by atoms with E-state index in [4.69, 9.17) is 0 Å². The van der Waals surface area contributed by atoms with E-state index in [1.165, 1.54) is 6.07 Å². The second-order valence-electron chi connectivity index (χ2n) is 4.64. The van der Waals surface area contributed by atoms with Crippen LogP contribution in [0, 0.1) is 11.7 Å². The molecule has 102 valence electrons. The van der Waals surface area contributed by atoms with Crippen molar-refractivity contribution in [1.29, 1.82) is 0 Å². The molecule has 1 aromatic heterocycles. The monoisotopic (exact) mass is 278 g/mol. The molecule has 0 fully saturated rings. The zero-order chi connectivity index (χ0) is 13.5. The molecule has 0 saturated heterocycles. The van der Waals surface area contributed by atoms with Gasteiger partial charge < -0.3 is 5.32 Å². The predicted octanol–water partition coefficient (Wildman–Crippen LogP) is 3.29. The van der Waals surface area contributed by atoms with E-state index < -0.39 is 0 Å². The Morgan fingerprint density at radius 3 is 2.95 bits per heavy atom. The smallest absolute Gasteiger partial charge is 0.123 e. The fraction of sp³-hybridized carbons (Fsp3) is 0.400. The zero-order valence-corrected chi connectivity index (χ0v) is 11.9. The number of hydrogen-bond acceptors (Lipinski definition) is 3. The Labute approximate surface area is 117 Å². The van der Waals surface area contributed by atoms with Crippen LogP contribution in [0.25, 0.3) is 0 Å². The largest absolute Gasteiger partial charge is 0.317 e. The van der Waals surface area contributed by atoms with E-state index in [0.717, 1.165) is 36.5 Å². The molecule has 1 atom stereocenters. The van der Waals surface area contributed by atoms with Crippen molar-refractivity contribution in [2.24, 2.45) is 5.92 Å². The van der Waals surface area contributed by atoms with Gasteiger partial charge in [-0.1, -0.05) is 19.1 Å². The molecule has 0 saturated carbocycles. The molecular formula is C15H19FN2S. The zero-order valence-electron chi connectivity index (χ0n) is 11.1. The molecule has 0 spiro atoms. The van der Waals surface area contributed by atoms with Crippen molar-refractivity contribution < 1.29 is 4.39 Å². The van der Waals surface area contributed by atoms with E-state index >= 15 is 0 Å². The molecule has 1 heterocycles. The lowest BCUT2D eigenvalue weighted by atomic mass is 9.96. The highest BCUT2D eigenvalue weighted by atomic mass is 32.1. The molecular weight excluding hydrogens is 259 g/mol. The molecule has 19 heavy (non-hydrogen) atoms.